The quantitative estimate of drug-likeness (QED) is 0.680. The van der Waals surface area contributed by atoms with E-state index in [4.69, 9.17) is 5.14 Å². The SMILES string of the molecule is COC(=O)c1cscc1S(N)(=O)=N[Si](C)(C)C(C)(C)C. The molecule has 1 atom stereocenters. The second-order valence-electron chi connectivity index (χ2n) is 6.11. The number of thiophene rings is 1. The second-order valence-corrected chi connectivity index (χ2v) is 13.8. The highest BCUT2D eigenvalue weighted by Crippen LogP contribution is 2.38. The second kappa shape index (κ2) is 5.59. The maximum atomic E-state index is 12.8. The maximum Gasteiger partial charge on any atom is 0.340 e. The summed E-state index contributed by atoms with van der Waals surface area (Å²) in [5.74, 6) is -0.537. The molecule has 0 aromatic carbocycles. The number of hydrogen-bond acceptors (Lipinski definition) is 5. The minimum atomic E-state index is -3.10. The van der Waals surface area contributed by atoms with Crippen molar-refractivity contribution in [3.63, 3.8) is 0 Å². The zero-order valence-electron chi connectivity index (χ0n) is 12.7. The van der Waals surface area contributed by atoms with E-state index in [9.17, 15) is 9.00 Å². The summed E-state index contributed by atoms with van der Waals surface area (Å²) in [4.78, 5) is 12.0. The van der Waals surface area contributed by atoms with Crippen LogP contribution in [0.4, 0.5) is 0 Å². The Bertz CT molecular complexity index is 623. The van der Waals surface area contributed by atoms with Gasteiger partial charge in [-0.05, 0) is 18.1 Å². The Labute approximate surface area is 125 Å². The molecule has 5 nitrogen and oxygen atoms in total. The Hall–Kier alpha value is -0.703. The van der Waals surface area contributed by atoms with Gasteiger partial charge in [0.25, 0.3) is 0 Å². The average Bonchev–Trinajstić information content (AvgIpc) is 2.74. The summed E-state index contributed by atoms with van der Waals surface area (Å²) in [5.41, 5.74) is 0.243. The molecule has 1 unspecified atom stereocenters. The molecule has 0 radical (unpaired) electrons. The van der Waals surface area contributed by atoms with Crippen molar-refractivity contribution in [3.8, 4) is 0 Å². The molecule has 1 rings (SSSR count). The number of rotatable bonds is 3. The van der Waals surface area contributed by atoms with E-state index in [0.717, 1.165) is 0 Å². The van der Waals surface area contributed by atoms with Crippen molar-refractivity contribution in [1.82, 2.24) is 0 Å². The fraction of sp³-hybridized carbons (Fsp3) is 0.583. The zero-order chi connectivity index (χ0) is 15.8. The number of nitrogens with zero attached hydrogens (tertiary/aromatic N) is 1. The first-order valence-corrected chi connectivity index (χ1v) is 11.6. The van der Waals surface area contributed by atoms with E-state index in [2.05, 4.69) is 29.5 Å². The Morgan fingerprint density at radius 3 is 2.40 bits per heavy atom. The topological polar surface area (TPSA) is 81.8 Å². The van der Waals surface area contributed by atoms with Gasteiger partial charge in [-0.1, -0.05) is 20.8 Å². The summed E-state index contributed by atoms with van der Waals surface area (Å²) < 4.78 is 22.0. The predicted octanol–water partition coefficient (Wildman–Crippen LogP) is 3.24. The first-order valence-electron chi connectivity index (χ1n) is 6.13. The third-order valence-electron chi connectivity index (χ3n) is 3.55. The number of nitrogens with two attached hydrogens (primary N) is 1. The minimum Gasteiger partial charge on any atom is -0.465 e. The highest BCUT2D eigenvalue weighted by molar-refractivity contribution is 7.92. The predicted molar refractivity (Wildman–Crippen MR) is 85.9 cm³/mol. The van der Waals surface area contributed by atoms with Gasteiger partial charge < -0.3 is 4.74 Å². The molecule has 0 saturated carbocycles. The van der Waals surface area contributed by atoms with E-state index in [1.165, 1.54) is 18.4 Å². The molecule has 0 saturated heterocycles. The zero-order valence-corrected chi connectivity index (χ0v) is 15.4. The van der Waals surface area contributed by atoms with Crippen LogP contribution < -0.4 is 5.14 Å². The van der Waals surface area contributed by atoms with Crippen molar-refractivity contribution in [3.05, 3.63) is 16.3 Å². The normalized spacial score (nSPS) is 15.6. The Morgan fingerprint density at radius 1 is 1.40 bits per heavy atom. The highest BCUT2D eigenvalue weighted by atomic mass is 32.2. The third-order valence-corrected chi connectivity index (χ3v) is 12.0. The molecule has 0 aliphatic heterocycles. The molecular formula is C12H22N2O3S2Si. The lowest BCUT2D eigenvalue weighted by atomic mass is 10.2. The molecule has 20 heavy (non-hydrogen) atoms. The smallest absolute Gasteiger partial charge is 0.340 e. The van der Waals surface area contributed by atoms with Crippen LogP contribution in [0, 0.1) is 0 Å². The van der Waals surface area contributed by atoms with Gasteiger partial charge in [0.2, 0.25) is 0 Å². The fourth-order valence-corrected chi connectivity index (χ4v) is 7.42. The Balaban J connectivity index is 3.42. The van der Waals surface area contributed by atoms with Gasteiger partial charge >= 0.3 is 5.97 Å². The molecule has 0 bridgehead atoms. The van der Waals surface area contributed by atoms with E-state index in [-0.39, 0.29) is 15.5 Å². The maximum absolute atomic E-state index is 12.8. The molecule has 0 amide bonds. The van der Waals surface area contributed by atoms with Gasteiger partial charge in [0.1, 0.15) is 9.92 Å². The van der Waals surface area contributed by atoms with Gasteiger partial charge in [-0.2, -0.15) is 11.3 Å². The van der Waals surface area contributed by atoms with Crippen LogP contribution in [0.15, 0.2) is 19.7 Å². The molecule has 114 valence electrons. The largest absolute Gasteiger partial charge is 0.465 e. The van der Waals surface area contributed by atoms with Gasteiger partial charge in [0.05, 0.1) is 17.6 Å². The summed E-state index contributed by atoms with van der Waals surface area (Å²) >= 11 is 1.27. The third kappa shape index (κ3) is 3.49. The van der Waals surface area contributed by atoms with Crippen LogP contribution in [-0.2, 0) is 14.7 Å². The molecule has 1 heterocycles. The van der Waals surface area contributed by atoms with Crippen LogP contribution in [0.1, 0.15) is 31.1 Å². The molecule has 1 aromatic heterocycles. The van der Waals surface area contributed by atoms with Crippen molar-refractivity contribution in [2.24, 2.45) is 9.17 Å². The van der Waals surface area contributed by atoms with Crippen molar-refractivity contribution in [2.75, 3.05) is 7.11 Å². The van der Waals surface area contributed by atoms with E-state index in [1.807, 2.05) is 13.1 Å². The molecule has 1 aromatic rings. The number of carbonyl (C=O) groups excluding carboxylic acids is 1. The van der Waals surface area contributed by atoms with E-state index >= 15 is 0 Å². The number of methoxy groups -OCH3 is 1. The summed E-state index contributed by atoms with van der Waals surface area (Å²) in [6.45, 7) is 10.2. The molecule has 0 spiro atoms. The van der Waals surface area contributed by atoms with Crippen molar-refractivity contribution >= 4 is 35.5 Å². The lowest BCUT2D eigenvalue weighted by molar-refractivity contribution is 0.0597. The first kappa shape index (κ1) is 17.3. The highest BCUT2D eigenvalue weighted by Gasteiger charge is 2.38. The summed E-state index contributed by atoms with van der Waals surface area (Å²) in [7, 11) is -4.00. The summed E-state index contributed by atoms with van der Waals surface area (Å²) in [6.07, 6.45) is 0. The Kier molecular flexibility index (Phi) is 4.85. The lowest BCUT2D eigenvalue weighted by Crippen LogP contribution is -2.37. The molecule has 2 N–H and O–H groups in total. The summed E-state index contributed by atoms with van der Waals surface area (Å²) in [6, 6.07) is 0. The van der Waals surface area contributed by atoms with E-state index < -0.39 is 24.1 Å². The van der Waals surface area contributed by atoms with Crippen molar-refractivity contribution < 1.29 is 13.7 Å². The van der Waals surface area contributed by atoms with Crippen molar-refractivity contribution in [1.29, 1.82) is 0 Å². The van der Waals surface area contributed by atoms with Crippen LogP contribution in [0.25, 0.3) is 0 Å². The Morgan fingerprint density at radius 2 is 1.95 bits per heavy atom. The van der Waals surface area contributed by atoms with Gasteiger partial charge in [-0.3, -0.25) is 4.03 Å². The lowest BCUT2D eigenvalue weighted by Gasteiger charge is -2.32. The standard InChI is InChI=1S/C12H22N2O3S2Si/c1-12(2,3)20(5,6)14-19(13,16)10-8-18-7-9(10)11(15)17-4/h7-8H,1-6H3,(H2,13,14,16). The average molecular weight is 335 g/mol. The van der Waals surface area contributed by atoms with Gasteiger partial charge in [-0.15, -0.1) is 0 Å². The molecule has 0 fully saturated rings. The van der Waals surface area contributed by atoms with Gasteiger partial charge in [-0.25, -0.2) is 14.1 Å². The molecule has 8 heteroatoms. The van der Waals surface area contributed by atoms with Crippen LogP contribution in [-0.4, -0.2) is 25.5 Å². The van der Waals surface area contributed by atoms with Crippen LogP contribution in [0.2, 0.25) is 18.1 Å². The first-order chi connectivity index (χ1) is 8.92. The molecule has 0 aliphatic rings. The number of carbonyl (C=O) groups is 1. The number of esters is 1. The van der Waals surface area contributed by atoms with Gasteiger partial charge in [0, 0.05) is 10.8 Å². The van der Waals surface area contributed by atoms with E-state index in [0.29, 0.717) is 0 Å². The molecule has 0 aliphatic carbocycles. The van der Waals surface area contributed by atoms with Crippen LogP contribution >= 0.6 is 11.3 Å². The number of hydrogen-bond donors (Lipinski definition) is 1. The molecular weight excluding hydrogens is 312 g/mol. The monoisotopic (exact) mass is 334 g/mol. The fourth-order valence-electron chi connectivity index (χ4n) is 1.30. The van der Waals surface area contributed by atoms with Crippen LogP contribution in [0.3, 0.4) is 0 Å². The van der Waals surface area contributed by atoms with Crippen molar-refractivity contribution in [2.45, 2.75) is 43.8 Å². The minimum absolute atomic E-state index is 0.0729. The summed E-state index contributed by atoms with van der Waals surface area (Å²) in [5, 5.41) is 9.09. The van der Waals surface area contributed by atoms with E-state index in [1.54, 1.807) is 10.8 Å². The van der Waals surface area contributed by atoms with Crippen LogP contribution in [0.5, 0.6) is 0 Å². The van der Waals surface area contributed by atoms with Gasteiger partial charge in [0.15, 0.2) is 8.24 Å². The number of ether oxygens (including phenoxy) is 1.